The number of hydrogen-bond donors (Lipinski definition) is 9. The number of rotatable bonds is 17. The van der Waals surface area contributed by atoms with E-state index in [4.69, 9.17) is 24.7 Å². The molecule has 0 radical (unpaired) electrons. The van der Waals surface area contributed by atoms with Crippen molar-refractivity contribution in [2.45, 2.75) is 114 Å². The van der Waals surface area contributed by atoms with Crippen LogP contribution in [0.15, 0.2) is 60.8 Å². The number of anilines is 1. The molecule has 10 N–H and O–H groups in total. The molecule has 2 spiro atoms. The average Bonchev–Trinajstić information content (AvgIpc) is 3.88. The van der Waals surface area contributed by atoms with Crippen molar-refractivity contribution in [3.8, 4) is 28.7 Å². The normalized spacial score (nSPS) is 29.5. The van der Waals surface area contributed by atoms with Crippen molar-refractivity contribution >= 4 is 11.8 Å². The molecule has 2 aromatic carbocycles. The number of phenolic OH excluding ortho intramolecular Hbond substituents is 2. The topological polar surface area (TPSA) is 238 Å². The molecule has 2 aliphatic heterocycles. The van der Waals surface area contributed by atoms with Crippen molar-refractivity contribution < 1.29 is 54.4 Å². The van der Waals surface area contributed by atoms with Crippen LogP contribution in [0.25, 0.3) is 0 Å². The van der Waals surface area contributed by atoms with E-state index in [2.05, 4.69) is 22.5 Å². The Hall–Kier alpha value is -4.64. The molecule has 62 heavy (non-hydrogen) atoms. The molecular formula is C47H64N4O11. The van der Waals surface area contributed by atoms with Crippen molar-refractivity contribution in [1.82, 2.24) is 15.6 Å². The third-order valence-corrected chi connectivity index (χ3v) is 13.9. The SMILES string of the molecule is COc1cc([C@H]2O[C@@H](CCc3ccc(O)c(OCNC[C@H](C)O)c3)C[C@H](O)[C@H]2CCO)cc(OC[C@@H]2N[C@@H](C)CC3(CCCC3)[C@@]23[C@@H](c2ccnc(N)c2)C=C[C@H]3C(=O)O)c1O. The van der Waals surface area contributed by atoms with Crippen LogP contribution in [0.2, 0.25) is 0 Å². The van der Waals surface area contributed by atoms with Gasteiger partial charge in [-0.3, -0.25) is 10.1 Å². The van der Waals surface area contributed by atoms with E-state index in [1.54, 1.807) is 43.5 Å². The lowest BCUT2D eigenvalue weighted by Gasteiger charge is -2.61. The molecule has 2 aliphatic carbocycles. The monoisotopic (exact) mass is 860 g/mol. The van der Waals surface area contributed by atoms with Crippen LogP contribution in [0.3, 0.4) is 0 Å². The van der Waals surface area contributed by atoms with Gasteiger partial charge in [0.1, 0.15) is 19.2 Å². The number of aliphatic hydroxyl groups excluding tert-OH is 3. The second-order valence-electron chi connectivity index (χ2n) is 17.9. The first-order valence-corrected chi connectivity index (χ1v) is 22.0. The van der Waals surface area contributed by atoms with Gasteiger partial charge in [-0.25, -0.2) is 4.98 Å². The van der Waals surface area contributed by atoms with Gasteiger partial charge in [-0.1, -0.05) is 31.1 Å². The summed E-state index contributed by atoms with van der Waals surface area (Å²) in [5.74, 6) is -1.81. The first-order valence-electron chi connectivity index (χ1n) is 22.0. The highest BCUT2D eigenvalue weighted by atomic mass is 16.5. The number of nitrogen functional groups attached to an aromatic ring is 1. The fourth-order valence-corrected chi connectivity index (χ4v) is 11.5. The molecule has 3 aromatic rings. The number of ether oxygens (including phenoxy) is 4. The molecule has 0 amide bonds. The Morgan fingerprint density at radius 3 is 2.53 bits per heavy atom. The highest BCUT2D eigenvalue weighted by Gasteiger charge is 2.68. The molecule has 2 saturated heterocycles. The van der Waals surface area contributed by atoms with Crippen LogP contribution in [-0.2, 0) is 16.0 Å². The number of benzene rings is 2. The van der Waals surface area contributed by atoms with E-state index in [-0.39, 0.29) is 66.7 Å². The maximum absolute atomic E-state index is 13.4. The average molecular weight is 861 g/mol. The van der Waals surface area contributed by atoms with Gasteiger partial charge in [0.05, 0.1) is 37.4 Å². The van der Waals surface area contributed by atoms with Crippen LogP contribution >= 0.6 is 0 Å². The number of pyridine rings is 1. The van der Waals surface area contributed by atoms with Crippen LogP contribution in [0, 0.1) is 22.7 Å². The zero-order chi connectivity index (χ0) is 44.2. The highest BCUT2D eigenvalue weighted by molar-refractivity contribution is 5.76. The number of fused-ring (bicyclic) bond motifs is 1. The van der Waals surface area contributed by atoms with Crippen LogP contribution in [0.4, 0.5) is 5.82 Å². The summed E-state index contributed by atoms with van der Waals surface area (Å²) in [6.45, 7) is 4.10. The summed E-state index contributed by atoms with van der Waals surface area (Å²) in [7, 11) is 1.45. The number of aromatic nitrogens is 1. The molecule has 3 heterocycles. The fraction of sp³-hybridized carbons (Fsp3) is 0.574. The predicted molar refractivity (Wildman–Crippen MR) is 231 cm³/mol. The molecule has 10 atom stereocenters. The summed E-state index contributed by atoms with van der Waals surface area (Å²) in [5, 5.41) is 70.9. The van der Waals surface area contributed by atoms with Gasteiger partial charge < -0.3 is 60.6 Å². The largest absolute Gasteiger partial charge is 0.504 e. The summed E-state index contributed by atoms with van der Waals surface area (Å²) < 4.78 is 24.8. The number of hydrogen-bond acceptors (Lipinski definition) is 14. The summed E-state index contributed by atoms with van der Waals surface area (Å²) in [6.07, 6.45) is 9.32. The van der Waals surface area contributed by atoms with E-state index in [1.807, 2.05) is 24.3 Å². The molecule has 15 heteroatoms. The Kier molecular flexibility index (Phi) is 14.2. The molecule has 1 saturated carbocycles. The van der Waals surface area contributed by atoms with Gasteiger partial charge in [-0.05, 0) is 117 Å². The molecule has 0 unspecified atom stereocenters. The number of carboxylic acids is 1. The lowest BCUT2D eigenvalue weighted by atomic mass is 9.46. The second kappa shape index (κ2) is 19.4. The quantitative estimate of drug-likeness (QED) is 0.0496. The van der Waals surface area contributed by atoms with E-state index in [1.165, 1.54) is 7.11 Å². The number of piperidine rings is 1. The molecule has 1 aromatic heterocycles. The standard InChI is InChI=1S/C47H64N4O11/c1-27-23-46(14-4-5-15-46)47(34(9-10-35(47)45(57)58)30-12-16-50-42(48)21-30)41(51-27)25-60-40-20-31(19-39(59-3)43(40)56)44-33(13-17-52)37(55)22-32(62-44)8-6-29-7-11-36(54)38(18-29)61-26-49-24-28(2)53/h7,9-12,16,18-21,27-28,32-35,37,41,44,49,51-56H,4-6,8,13-15,17,22-26H2,1-3H3,(H2,48,50)(H,57,58)/t27-,28-,32-,33+,34+,35-,37-,41-,44+,47+/m0/s1. The number of aryl methyl sites for hydroxylation is 1. The summed E-state index contributed by atoms with van der Waals surface area (Å²) in [6, 6.07) is 11.8. The summed E-state index contributed by atoms with van der Waals surface area (Å²) in [4.78, 5) is 17.6. The van der Waals surface area contributed by atoms with Crippen LogP contribution in [0.1, 0.15) is 93.9 Å². The Labute approximate surface area is 363 Å². The van der Waals surface area contributed by atoms with Gasteiger partial charge in [0, 0.05) is 48.7 Å². The van der Waals surface area contributed by atoms with Gasteiger partial charge in [0.2, 0.25) is 5.75 Å². The minimum Gasteiger partial charge on any atom is -0.504 e. The first kappa shape index (κ1) is 45.4. The van der Waals surface area contributed by atoms with E-state index < -0.39 is 53.7 Å². The number of nitrogens with one attached hydrogen (secondary N) is 2. The van der Waals surface area contributed by atoms with Gasteiger partial charge in [-0.2, -0.15) is 0 Å². The molecule has 3 fully saturated rings. The lowest BCUT2D eigenvalue weighted by Crippen LogP contribution is -2.68. The maximum atomic E-state index is 13.4. The third kappa shape index (κ3) is 9.06. The van der Waals surface area contributed by atoms with Gasteiger partial charge in [0.25, 0.3) is 0 Å². The Bertz CT molecular complexity index is 2040. The van der Waals surface area contributed by atoms with E-state index in [0.717, 1.165) is 43.2 Å². The maximum Gasteiger partial charge on any atom is 0.311 e. The summed E-state index contributed by atoms with van der Waals surface area (Å²) >= 11 is 0. The van der Waals surface area contributed by atoms with E-state index >= 15 is 0 Å². The number of methoxy groups -OCH3 is 1. The van der Waals surface area contributed by atoms with E-state index in [0.29, 0.717) is 42.9 Å². The molecule has 7 rings (SSSR count). The summed E-state index contributed by atoms with van der Waals surface area (Å²) in [5.41, 5.74) is 7.43. The highest BCUT2D eigenvalue weighted by Crippen LogP contribution is 2.69. The van der Waals surface area contributed by atoms with E-state index in [9.17, 15) is 35.4 Å². The molecule has 15 nitrogen and oxygen atoms in total. The smallest absolute Gasteiger partial charge is 0.311 e. The minimum atomic E-state index is -0.900. The van der Waals surface area contributed by atoms with Gasteiger partial charge in [-0.15, -0.1) is 0 Å². The third-order valence-electron chi connectivity index (χ3n) is 13.9. The van der Waals surface area contributed by atoms with Gasteiger partial charge >= 0.3 is 5.97 Å². The van der Waals surface area contributed by atoms with Crippen LogP contribution in [-0.4, -0.2) is 106 Å². The lowest BCUT2D eigenvalue weighted by molar-refractivity contribution is -0.158. The zero-order valence-corrected chi connectivity index (χ0v) is 35.9. The minimum absolute atomic E-state index is 0.00880. The van der Waals surface area contributed by atoms with Crippen LogP contribution in [0.5, 0.6) is 28.7 Å². The van der Waals surface area contributed by atoms with Crippen molar-refractivity contribution in [1.29, 1.82) is 0 Å². The number of nitrogens with two attached hydrogens (primary N) is 1. The van der Waals surface area contributed by atoms with Crippen molar-refractivity contribution in [2.24, 2.45) is 22.7 Å². The molecular weight excluding hydrogens is 797 g/mol. The number of carboxylic acid groups (broad SMARTS) is 1. The number of allylic oxidation sites excluding steroid dienone is 1. The van der Waals surface area contributed by atoms with Crippen LogP contribution < -0.4 is 30.6 Å². The first-order chi connectivity index (χ1) is 29.8. The number of aliphatic hydroxyl groups is 3. The predicted octanol–water partition coefficient (Wildman–Crippen LogP) is 4.94. The second-order valence-corrected chi connectivity index (χ2v) is 17.9. The molecule has 0 bridgehead atoms. The zero-order valence-electron chi connectivity index (χ0n) is 35.9. The number of carbonyl (C=O) groups is 1. The van der Waals surface area contributed by atoms with Gasteiger partial charge in [0.15, 0.2) is 23.0 Å². The number of aliphatic carboxylic acids is 1. The Morgan fingerprint density at radius 2 is 1.82 bits per heavy atom. The Balaban J connectivity index is 1.17. The van der Waals surface area contributed by atoms with Crippen molar-refractivity contribution in [3.63, 3.8) is 0 Å². The number of nitrogens with zero attached hydrogens (tertiary/aromatic N) is 1. The van der Waals surface area contributed by atoms with Crippen molar-refractivity contribution in [3.05, 3.63) is 77.5 Å². The Morgan fingerprint density at radius 1 is 1.05 bits per heavy atom. The van der Waals surface area contributed by atoms with Crippen molar-refractivity contribution in [2.75, 3.05) is 39.3 Å². The number of phenols is 2. The fourth-order valence-electron chi connectivity index (χ4n) is 11.5. The molecule has 4 aliphatic rings. The molecule has 338 valence electrons. The number of aromatic hydroxyl groups is 2.